The molecule has 4 heteroatoms. The second-order valence-corrected chi connectivity index (χ2v) is 6.21. The van der Waals surface area contributed by atoms with Gasteiger partial charge >= 0.3 is 0 Å². The minimum atomic E-state index is -0.275. The maximum Gasteiger partial charge on any atom is 0.125 e. The number of nitriles is 1. The van der Waals surface area contributed by atoms with Gasteiger partial charge in [0.15, 0.2) is 0 Å². The lowest BCUT2D eigenvalue weighted by Crippen LogP contribution is -2.37. The molecule has 3 N–H and O–H groups in total. The van der Waals surface area contributed by atoms with E-state index in [1.807, 2.05) is 36.4 Å². The van der Waals surface area contributed by atoms with E-state index in [1.165, 1.54) is 0 Å². The summed E-state index contributed by atoms with van der Waals surface area (Å²) in [5, 5.41) is 12.6. The minimum Gasteiger partial charge on any atom is -0.487 e. The average molecular weight is 293 g/mol. The number of para-hydroxylation sites is 2. The van der Waals surface area contributed by atoms with Crippen LogP contribution in [-0.2, 0) is 0 Å². The number of benzene rings is 2. The van der Waals surface area contributed by atoms with Crippen LogP contribution < -0.4 is 15.8 Å². The Hall–Kier alpha value is -2.67. The van der Waals surface area contributed by atoms with Crippen molar-refractivity contribution >= 4 is 11.4 Å². The second kappa shape index (κ2) is 5.27. The number of fused-ring (bicyclic) bond motifs is 1. The van der Waals surface area contributed by atoms with Crippen molar-refractivity contribution in [3.8, 4) is 11.8 Å². The molecule has 112 valence electrons. The first-order valence-electron chi connectivity index (χ1n) is 7.33. The van der Waals surface area contributed by atoms with E-state index in [2.05, 4.69) is 25.2 Å². The molecule has 0 amide bonds. The summed E-state index contributed by atoms with van der Waals surface area (Å²) in [6.45, 7) is 4.13. The molecule has 4 nitrogen and oxygen atoms in total. The SMILES string of the molecule is CC1(C)C[C@@H](Nc2ccccc2N)c2cc(C#N)ccc2O1. The molecule has 3 rings (SSSR count). The number of nitrogen functional groups attached to an aromatic ring is 1. The zero-order chi connectivity index (χ0) is 15.7. The van der Waals surface area contributed by atoms with E-state index in [9.17, 15) is 0 Å². The smallest absolute Gasteiger partial charge is 0.125 e. The van der Waals surface area contributed by atoms with Crippen molar-refractivity contribution in [3.05, 3.63) is 53.6 Å². The molecule has 2 aromatic rings. The van der Waals surface area contributed by atoms with Gasteiger partial charge in [0.1, 0.15) is 11.4 Å². The fourth-order valence-electron chi connectivity index (χ4n) is 2.87. The Morgan fingerprint density at radius 3 is 2.77 bits per heavy atom. The largest absolute Gasteiger partial charge is 0.487 e. The molecule has 2 aromatic carbocycles. The number of hydrogen-bond acceptors (Lipinski definition) is 4. The fourth-order valence-corrected chi connectivity index (χ4v) is 2.87. The van der Waals surface area contributed by atoms with Gasteiger partial charge in [0.25, 0.3) is 0 Å². The van der Waals surface area contributed by atoms with E-state index in [-0.39, 0.29) is 11.6 Å². The highest BCUT2D eigenvalue weighted by molar-refractivity contribution is 5.67. The van der Waals surface area contributed by atoms with Crippen LogP contribution in [0.1, 0.15) is 37.4 Å². The molecule has 0 unspecified atom stereocenters. The standard InChI is InChI=1S/C18H19N3O/c1-18(2)10-16(21-15-6-4-3-5-14(15)20)13-9-12(11-19)7-8-17(13)22-18/h3-9,16,21H,10,20H2,1-2H3/t16-/m1/s1. The van der Waals surface area contributed by atoms with Gasteiger partial charge in [0.2, 0.25) is 0 Å². The van der Waals surface area contributed by atoms with Crippen LogP contribution in [0, 0.1) is 11.3 Å². The van der Waals surface area contributed by atoms with Gasteiger partial charge in [-0.2, -0.15) is 5.26 Å². The second-order valence-electron chi connectivity index (χ2n) is 6.21. The first-order chi connectivity index (χ1) is 10.5. The molecule has 0 aliphatic carbocycles. The van der Waals surface area contributed by atoms with E-state index in [4.69, 9.17) is 15.7 Å². The highest BCUT2D eigenvalue weighted by Crippen LogP contribution is 2.42. The van der Waals surface area contributed by atoms with Crippen molar-refractivity contribution in [3.63, 3.8) is 0 Å². The predicted octanol–water partition coefficient (Wildman–Crippen LogP) is 3.85. The molecule has 1 aliphatic heterocycles. The number of rotatable bonds is 2. The first-order valence-corrected chi connectivity index (χ1v) is 7.33. The number of ether oxygens (including phenoxy) is 1. The van der Waals surface area contributed by atoms with E-state index in [0.29, 0.717) is 11.3 Å². The maximum absolute atomic E-state index is 9.13. The molecule has 0 radical (unpaired) electrons. The molecule has 0 fully saturated rings. The topological polar surface area (TPSA) is 71.1 Å². The summed E-state index contributed by atoms with van der Waals surface area (Å²) in [6.07, 6.45) is 0.795. The lowest BCUT2D eigenvalue weighted by Gasteiger charge is -2.38. The van der Waals surface area contributed by atoms with Crippen LogP contribution in [0.25, 0.3) is 0 Å². The first kappa shape index (κ1) is 14.3. The summed E-state index contributed by atoms with van der Waals surface area (Å²) in [5.41, 5.74) is 9.01. The lowest BCUT2D eigenvalue weighted by atomic mass is 9.88. The molecule has 0 aromatic heterocycles. The molecule has 0 spiro atoms. The fraction of sp³-hybridized carbons (Fsp3) is 0.278. The van der Waals surface area contributed by atoms with Crippen molar-refractivity contribution in [2.45, 2.75) is 31.9 Å². The van der Waals surface area contributed by atoms with Gasteiger partial charge in [-0.25, -0.2) is 0 Å². The molecule has 0 saturated heterocycles. The van der Waals surface area contributed by atoms with E-state index >= 15 is 0 Å². The minimum absolute atomic E-state index is 0.0525. The number of anilines is 2. The Morgan fingerprint density at radius 2 is 2.05 bits per heavy atom. The third-order valence-corrected chi connectivity index (χ3v) is 3.89. The third kappa shape index (κ3) is 2.71. The van der Waals surface area contributed by atoms with Gasteiger partial charge in [-0.15, -0.1) is 0 Å². The summed E-state index contributed by atoms with van der Waals surface area (Å²) >= 11 is 0. The summed E-state index contributed by atoms with van der Waals surface area (Å²) < 4.78 is 6.04. The Morgan fingerprint density at radius 1 is 1.27 bits per heavy atom. The average Bonchev–Trinajstić information content (AvgIpc) is 2.48. The van der Waals surface area contributed by atoms with Crippen LogP contribution in [0.3, 0.4) is 0 Å². The van der Waals surface area contributed by atoms with Crippen LogP contribution in [-0.4, -0.2) is 5.60 Å². The van der Waals surface area contributed by atoms with Crippen molar-refractivity contribution < 1.29 is 4.74 Å². The van der Waals surface area contributed by atoms with Crippen LogP contribution in [0.4, 0.5) is 11.4 Å². The summed E-state index contributed by atoms with van der Waals surface area (Å²) in [4.78, 5) is 0. The Labute approximate surface area is 130 Å². The van der Waals surface area contributed by atoms with Crippen molar-refractivity contribution in [1.29, 1.82) is 5.26 Å². The van der Waals surface area contributed by atoms with Gasteiger partial charge < -0.3 is 15.8 Å². The van der Waals surface area contributed by atoms with Gasteiger partial charge in [-0.1, -0.05) is 12.1 Å². The highest BCUT2D eigenvalue weighted by atomic mass is 16.5. The highest BCUT2D eigenvalue weighted by Gasteiger charge is 2.34. The Kier molecular flexibility index (Phi) is 3.42. The predicted molar refractivity (Wildman–Crippen MR) is 87.7 cm³/mol. The summed E-state index contributed by atoms with van der Waals surface area (Å²) in [7, 11) is 0. The molecule has 22 heavy (non-hydrogen) atoms. The molecule has 0 bridgehead atoms. The summed E-state index contributed by atoms with van der Waals surface area (Å²) in [6, 6.07) is 15.5. The monoisotopic (exact) mass is 293 g/mol. The quantitative estimate of drug-likeness (QED) is 0.825. The zero-order valence-electron chi connectivity index (χ0n) is 12.8. The molecular weight excluding hydrogens is 274 g/mol. The van der Waals surface area contributed by atoms with Gasteiger partial charge in [-0.3, -0.25) is 0 Å². The van der Waals surface area contributed by atoms with Crippen molar-refractivity contribution in [2.24, 2.45) is 0 Å². The number of hydrogen-bond donors (Lipinski definition) is 2. The lowest BCUT2D eigenvalue weighted by molar-refractivity contribution is 0.0759. The van der Waals surface area contributed by atoms with Crippen LogP contribution in [0.15, 0.2) is 42.5 Å². The van der Waals surface area contributed by atoms with Crippen molar-refractivity contribution in [2.75, 3.05) is 11.1 Å². The maximum atomic E-state index is 9.13. The van der Waals surface area contributed by atoms with E-state index in [0.717, 1.165) is 23.4 Å². The van der Waals surface area contributed by atoms with Crippen molar-refractivity contribution in [1.82, 2.24) is 0 Å². The molecule has 1 aliphatic rings. The van der Waals surface area contributed by atoms with Crippen LogP contribution >= 0.6 is 0 Å². The Balaban J connectivity index is 2.01. The van der Waals surface area contributed by atoms with Crippen LogP contribution in [0.5, 0.6) is 5.75 Å². The van der Waals surface area contributed by atoms with Gasteiger partial charge in [0.05, 0.1) is 29.0 Å². The van der Waals surface area contributed by atoms with E-state index in [1.54, 1.807) is 6.07 Å². The normalized spacial score (nSPS) is 18.7. The number of nitrogens with zero attached hydrogens (tertiary/aromatic N) is 1. The van der Waals surface area contributed by atoms with Crippen LogP contribution in [0.2, 0.25) is 0 Å². The molecule has 1 atom stereocenters. The number of nitrogens with one attached hydrogen (secondary N) is 1. The summed E-state index contributed by atoms with van der Waals surface area (Å²) in [5.74, 6) is 0.822. The van der Waals surface area contributed by atoms with E-state index < -0.39 is 0 Å². The third-order valence-electron chi connectivity index (χ3n) is 3.89. The molecular formula is C18H19N3O. The molecule has 1 heterocycles. The number of nitrogens with two attached hydrogens (primary N) is 1. The van der Waals surface area contributed by atoms with Gasteiger partial charge in [0, 0.05) is 12.0 Å². The zero-order valence-corrected chi connectivity index (χ0v) is 12.8. The van der Waals surface area contributed by atoms with Gasteiger partial charge in [-0.05, 0) is 44.2 Å². The Bertz CT molecular complexity index is 746. The molecule has 0 saturated carbocycles.